The Bertz CT molecular complexity index is 1140. The van der Waals surface area contributed by atoms with Crippen molar-refractivity contribution in [1.29, 1.82) is 0 Å². The van der Waals surface area contributed by atoms with Crippen molar-refractivity contribution in [3.05, 3.63) is 59.2 Å². The molecule has 11 heteroatoms. The Kier molecular flexibility index (Phi) is 6.79. The first-order valence-corrected chi connectivity index (χ1v) is 10.4. The van der Waals surface area contributed by atoms with Crippen LogP contribution >= 0.6 is 0 Å². The van der Waals surface area contributed by atoms with Crippen LogP contribution in [0.15, 0.2) is 40.8 Å². The Balaban J connectivity index is 1.35. The Morgan fingerprint density at radius 2 is 1.91 bits per heavy atom. The van der Waals surface area contributed by atoms with Crippen molar-refractivity contribution in [1.82, 2.24) is 25.2 Å². The molecule has 1 fully saturated rings. The van der Waals surface area contributed by atoms with Crippen LogP contribution in [0, 0.1) is 6.92 Å². The molecule has 0 spiro atoms. The molecule has 0 aromatic carbocycles. The molecule has 0 saturated carbocycles. The highest BCUT2D eigenvalue weighted by molar-refractivity contribution is 5.93. The van der Waals surface area contributed by atoms with Crippen LogP contribution in [0.4, 0.5) is 10.7 Å². The van der Waals surface area contributed by atoms with Gasteiger partial charge in [-0.05, 0) is 37.3 Å². The lowest BCUT2D eigenvalue weighted by molar-refractivity contribution is 0.0246. The van der Waals surface area contributed by atoms with E-state index < -0.39 is 12.0 Å². The predicted octanol–water partition coefficient (Wildman–Crippen LogP) is 1.92. The van der Waals surface area contributed by atoms with Crippen molar-refractivity contribution in [3.63, 3.8) is 0 Å². The molecule has 4 rings (SSSR count). The van der Waals surface area contributed by atoms with Gasteiger partial charge in [-0.15, -0.1) is 0 Å². The number of hydrogen-bond donors (Lipinski definition) is 2. The standard InChI is InChI=1S/C22H24N6O5/c1-14-5-6-19(33-14)17-11-18(27-21(23)26-17)20(29)24-12-15-3-2-4-16(25-15)13-32-22(30)28-7-9-31-10-8-28/h2-6,11H,7-10,12-13H2,1H3,(H,24,29)(H2,23,26,27). The van der Waals surface area contributed by atoms with Crippen LogP contribution in [0.2, 0.25) is 0 Å². The largest absolute Gasteiger partial charge is 0.460 e. The zero-order valence-corrected chi connectivity index (χ0v) is 18.1. The van der Waals surface area contributed by atoms with E-state index in [-0.39, 0.29) is 24.8 Å². The van der Waals surface area contributed by atoms with Gasteiger partial charge in [-0.25, -0.2) is 14.8 Å². The third-order valence-electron chi connectivity index (χ3n) is 4.88. The number of anilines is 1. The lowest BCUT2D eigenvalue weighted by atomic mass is 10.2. The summed E-state index contributed by atoms with van der Waals surface area (Å²) in [6.45, 7) is 4.02. The zero-order chi connectivity index (χ0) is 23.2. The molecular formula is C22H24N6O5. The number of aromatic nitrogens is 3. The van der Waals surface area contributed by atoms with Crippen molar-refractivity contribution in [3.8, 4) is 11.5 Å². The second-order valence-electron chi connectivity index (χ2n) is 7.36. The van der Waals surface area contributed by atoms with Gasteiger partial charge in [0.2, 0.25) is 5.95 Å². The van der Waals surface area contributed by atoms with E-state index >= 15 is 0 Å². The SMILES string of the molecule is Cc1ccc(-c2cc(C(=O)NCc3cccc(COC(=O)N4CCOCC4)n3)nc(N)n2)o1. The van der Waals surface area contributed by atoms with Gasteiger partial charge >= 0.3 is 6.09 Å². The van der Waals surface area contributed by atoms with E-state index in [1.54, 1.807) is 35.2 Å². The van der Waals surface area contributed by atoms with Crippen LogP contribution in [0.25, 0.3) is 11.5 Å². The Labute approximate surface area is 189 Å². The number of rotatable bonds is 6. The molecule has 2 amide bonds. The minimum Gasteiger partial charge on any atom is -0.460 e. The summed E-state index contributed by atoms with van der Waals surface area (Å²) in [5.74, 6) is 0.750. The maximum Gasteiger partial charge on any atom is 0.410 e. The number of amides is 2. The summed E-state index contributed by atoms with van der Waals surface area (Å²) in [4.78, 5) is 38.9. The number of ether oxygens (including phenoxy) is 2. The number of carbonyl (C=O) groups is 2. The molecule has 1 aliphatic rings. The van der Waals surface area contributed by atoms with Gasteiger partial charge in [-0.1, -0.05) is 6.07 Å². The molecule has 1 saturated heterocycles. The number of nitrogens with two attached hydrogens (primary N) is 1. The fourth-order valence-electron chi connectivity index (χ4n) is 3.22. The van der Waals surface area contributed by atoms with Gasteiger partial charge in [0.1, 0.15) is 23.8 Å². The van der Waals surface area contributed by atoms with Gasteiger partial charge in [-0.3, -0.25) is 9.78 Å². The molecule has 0 unspecified atom stereocenters. The highest BCUT2D eigenvalue weighted by Crippen LogP contribution is 2.21. The van der Waals surface area contributed by atoms with Gasteiger partial charge in [0.25, 0.3) is 5.91 Å². The molecule has 33 heavy (non-hydrogen) atoms. The number of furan rings is 1. The maximum atomic E-state index is 12.6. The molecule has 3 aromatic rings. The average molecular weight is 452 g/mol. The molecule has 11 nitrogen and oxygen atoms in total. The smallest absolute Gasteiger partial charge is 0.410 e. The molecule has 1 aliphatic heterocycles. The fourth-order valence-corrected chi connectivity index (χ4v) is 3.22. The van der Waals surface area contributed by atoms with E-state index in [2.05, 4.69) is 20.3 Å². The minimum absolute atomic E-state index is 0.0334. The first-order valence-electron chi connectivity index (χ1n) is 10.4. The number of hydrogen-bond acceptors (Lipinski definition) is 9. The summed E-state index contributed by atoms with van der Waals surface area (Å²) in [6.07, 6.45) is -0.400. The fraction of sp³-hybridized carbons (Fsp3) is 0.318. The summed E-state index contributed by atoms with van der Waals surface area (Å²) >= 11 is 0. The van der Waals surface area contributed by atoms with E-state index in [9.17, 15) is 9.59 Å². The summed E-state index contributed by atoms with van der Waals surface area (Å²) in [5, 5.41) is 2.76. The molecule has 0 aliphatic carbocycles. The Hall–Kier alpha value is -3.99. The van der Waals surface area contributed by atoms with Crippen molar-refractivity contribution < 1.29 is 23.5 Å². The van der Waals surface area contributed by atoms with Crippen LogP contribution in [0.5, 0.6) is 0 Å². The number of carbonyl (C=O) groups excluding carboxylic acids is 2. The quantitative estimate of drug-likeness (QED) is 0.573. The number of aryl methyl sites for hydroxylation is 1. The number of morpholine rings is 1. The second kappa shape index (κ2) is 10.1. The minimum atomic E-state index is -0.431. The average Bonchev–Trinajstić information content (AvgIpc) is 3.28. The molecule has 0 radical (unpaired) electrons. The van der Waals surface area contributed by atoms with E-state index in [4.69, 9.17) is 19.6 Å². The van der Waals surface area contributed by atoms with Gasteiger partial charge in [0.15, 0.2) is 5.76 Å². The van der Waals surface area contributed by atoms with Crippen LogP contribution in [-0.2, 0) is 22.6 Å². The number of nitrogen functional groups attached to an aromatic ring is 1. The van der Waals surface area contributed by atoms with E-state index in [0.29, 0.717) is 49.1 Å². The number of pyridine rings is 1. The highest BCUT2D eigenvalue weighted by Gasteiger charge is 2.18. The second-order valence-corrected chi connectivity index (χ2v) is 7.36. The maximum absolute atomic E-state index is 12.6. The first-order chi connectivity index (χ1) is 16.0. The van der Waals surface area contributed by atoms with Crippen molar-refractivity contribution in [2.75, 3.05) is 32.0 Å². The third-order valence-corrected chi connectivity index (χ3v) is 4.88. The Morgan fingerprint density at radius 3 is 2.67 bits per heavy atom. The van der Waals surface area contributed by atoms with Gasteiger partial charge in [0.05, 0.1) is 31.1 Å². The molecule has 0 atom stereocenters. The topological polar surface area (TPSA) is 146 Å². The number of nitrogens with zero attached hydrogens (tertiary/aromatic N) is 4. The third kappa shape index (κ3) is 5.83. The van der Waals surface area contributed by atoms with E-state index in [0.717, 1.165) is 5.76 Å². The zero-order valence-electron chi connectivity index (χ0n) is 18.1. The summed E-state index contributed by atoms with van der Waals surface area (Å²) in [7, 11) is 0. The van der Waals surface area contributed by atoms with Gasteiger partial charge in [-0.2, -0.15) is 0 Å². The molecule has 3 N–H and O–H groups in total. The van der Waals surface area contributed by atoms with Crippen LogP contribution in [0.1, 0.15) is 27.6 Å². The lowest BCUT2D eigenvalue weighted by Gasteiger charge is -2.25. The van der Waals surface area contributed by atoms with Gasteiger partial charge in [0, 0.05) is 13.1 Å². The monoisotopic (exact) mass is 452 g/mol. The molecule has 172 valence electrons. The van der Waals surface area contributed by atoms with Crippen LogP contribution in [-0.4, -0.2) is 58.2 Å². The highest BCUT2D eigenvalue weighted by atomic mass is 16.6. The molecule has 3 aromatic heterocycles. The van der Waals surface area contributed by atoms with Crippen LogP contribution in [0.3, 0.4) is 0 Å². The lowest BCUT2D eigenvalue weighted by Crippen LogP contribution is -2.40. The van der Waals surface area contributed by atoms with Crippen LogP contribution < -0.4 is 11.1 Å². The Morgan fingerprint density at radius 1 is 1.12 bits per heavy atom. The summed E-state index contributed by atoms with van der Waals surface area (Å²) in [5.41, 5.74) is 7.48. The normalized spacial score (nSPS) is 13.5. The first kappa shape index (κ1) is 22.2. The summed E-state index contributed by atoms with van der Waals surface area (Å²) in [6, 6.07) is 10.4. The molecule has 0 bridgehead atoms. The predicted molar refractivity (Wildman–Crippen MR) is 117 cm³/mol. The molecular weight excluding hydrogens is 428 g/mol. The van der Waals surface area contributed by atoms with E-state index in [1.807, 2.05) is 6.92 Å². The van der Waals surface area contributed by atoms with E-state index in [1.165, 1.54) is 6.07 Å². The van der Waals surface area contributed by atoms with Crippen molar-refractivity contribution >= 4 is 17.9 Å². The number of nitrogens with one attached hydrogen (secondary N) is 1. The molecule has 4 heterocycles. The summed E-state index contributed by atoms with van der Waals surface area (Å²) < 4.78 is 16.1. The van der Waals surface area contributed by atoms with Gasteiger partial charge < -0.3 is 29.8 Å². The van der Waals surface area contributed by atoms with Crippen molar-refractivity contribution in [2.45, 2.75) is 20.1 Å². The van der Waals surface area contributed by atoms with Crippen molar-refractivity contribution in [2.24, 2.45) is 0 Å².